The van der Waals surface area contributed by atoms with Crippen molar-refractivity contribution >= 4 is 0 Å². The van der Waals surface area contributed by atoms with Gasteiger partial charge in [-0.2, -0.15) is 0 Å². The molecule has 2 aliphatic rings. The van der Waals surface area contributed by atoms with E-state index in [0.29, 0.717) is 26.4 Å². The normalized spacial score (nSPS) is 31.4. The van der Waals surface area contributed by atoms with Crippen LogP contribution in [0.15, 0.2) is 0 Å². The smallest absolute Gasteiger partial charge is 0.157 e. The van der Waals surface area contributed by atoms with E-state index in [-0.39, 0.29) is 18.5 Å². The van der Waals surface area contributed by atoms with E-state index in [1.54, 1.807) is 0 Å². The van der Waals surface area contributed by atoms with Gasteiger partial charge in [0, 0.05) is 6.61 Å². The molecule has 0 bridgehead atoms. The summed E-state index contributed by atoms with van der Waals surface area (Å²) in [7, 11) is 0. The fraction of sp³-hybridized carbons (Fsp3) is 1.00. The highest BCUT2D eigenvalue weighted by atomic mass is 16.7. The van der Waals surface area contributed by atoms with E-state index in [1.807, 2.05) is 0 Å². The molecule has 0 amide bonds. The predicted octanol–water partition coefficient (Wildman–Crippen LogP) is 1.87. The van der Waals surface area contributed by atoms with Gasteiger partial charge >= 0.3 is 0 Å². The van der Waals surface area contributed by atoms with E-state index >= 15 is 0 Å². The number of aliphatic hydroxyl groups is 1. The minimum atomic E-state index is -0.296. The summed E-state index contributed by atoms with van der Waals surface area (Å²) in [5.41, 5.74) is 0. The van der Waals surface area contributed by atoms with Crippen molar-refractivity contribution in [3.05, 3.63) is 0 Å². The number of hydrogen-bond donors (Lipinski definition) is 1. The summed E-state index contributed by atoms with van der Waals surface area (Å²) in [5, 5.41) is 9.75. The minimum absolute atomic E-state index is 0.000705. The van der Waals surface area contributed by atoms with Crippen molar-refractivity contribution in [2.24, 2.45) is 0 Å². The molecule has 1 aliphatic heterocycles. The van der Waals surface area contributed by atoms with E-state index in [1.165, 1.54) is 6.42 Å². The van der Waals surface area contributed by atoms with Gasteiger partial charge in [0.15, 0.2) is 6.29 Å². The van der Waals surface area contributed by atoms with Crippen LogP contribution in [0.2, 0.25) is 0 Å². The lowest BCUT2D eigenvalue weighted by molar-refractivity contribution is -0.170. The van der Waals surface area contributed by atoms with Gasteiger partial charge in [0.25, 0.3) is 0 Å². The lowest BCUT2D eigenvalue weighted by atomic mass is 9.95. The Morgan fingerprint density at radius 2 is 1.60 bits per heavy atom. The molecule has 5 heteroatoms. The molecule has 1 N–H and O–H groups in total. The first-order valence-electron chi connectivity index (χ1n) is 7.97. The maximum atomic E-state index is 9.75. The third-order valence-electron chi connectivity index (χ3n) is 3.90. The molecule has 1 saturated carbocycles. The minimum Gasteiger partial charge on any atom is -0.390 e. The van der Waals surface area contributed by atoms with Crippen LogP contribution in [0.3, 0.4) is 0 Å². The summed E-state index contributed by atoms with van der Waals surface area (Å²) in [6, 6.07) is 0. The van der Waals surface area contributed by atoms with Gasteiger partial charge in [-0.25, -0.2) is 0 Å². The van der Waals surface area contributed by atoms with Crippen LogP contribution in [0.5, 0.6) is 0 Å². The maximum Gasteiger partial charge on any atom is 0.157 e. The molecule has 1 aliphatic carbocycles. The number of hydrogen-bond acceptors (Lipinski definition) is 5. The average Bonchev–Trinajstić information content (AvgIpc) is 2.49. The van der Waals surface area contributed by atoms with Crippen LogP contribution in [0.25, 0.3) is 0 Å². The Balaban J connectivity index is 1.39. The van der Waals surface area contributed by atoms with Crippen molar-refractivity contribution in [3.63, 3.8) is 0 Å². The molecule has 5 nitrogen and oxygen atoms in total. The summed E-state index contributed by atoms with van der Waals surface area (Å²) >= 11 is 0. The third kappa shape index (κ3) is 6.06. The first-order chi connectivity index (χ1) is 9.86. The van der Waals surface area contributed by atoms with Crippen LogP contribution in [0, 0.1) is 0 Å². The molecule has 1 saturated heterocycles. The molecule has 0 aromatic heterocycles. The first kappa shape index (κ1) is 16.2. The summed E-state index contributed by atoms with van der Waals surface area (Å²) in [6.45, 7) is 3.04. The van der Waals surface area contributed by atoms with E-state index in [0.717, 1.165) is 45.1 Å². The van der Waals surface area contributed by atoms with Crippen LogP contribution in [0.1, 0.15) is 44.9 Å². The predicted molar refractivity (Wildman–Crippen MR) is 74.6 cm³/mol. The molecule has 2 rings (SSSR count). The summed E-state index contributed by atoms with van der Waals surface area (Å²) in [4.78, 5) is 0. The second kappa shape index (κ2) is 9.68. The standard InChI is InChI=1S/C15H28O5/c16-13-5-1-2-6-14(13)18-11-9-17-10-12-20-15-7-3-4-8-19-15/h13-16H,1-12H2/t13-,14-,15?/m1/s1. The molecule has 0 spiro atoms. The second-order valence-electron chi connectivity index (χ2n) is 5.54. The van der Waals surface area contributed by atoms with E-state index < -0.39 is 0 Å². The van der Waals surface area contributed by atoms with E-state index in [9.17, 15) is 5.11 Å². The fourth-order valence-corrected chi connectivity index (χ4v) is 2.71. The van der Waals surface area contributed by atoms with Crippen molar-refractivity contribution in [2.75, 3.05) is 33.0 Å². The lowest BCUT2D eigenvalue weighted by Crippen LogP contribution is -2.33. The molecule has 0 aromatic carbocycles. The van der Waals surface area contributed by atoms with Crippen LogP contribution in [-0.4, -0.2) is 56.6 Å². The topological polar surface area (TPSA) is 57.2 Å². The fourth-order valence-electron chi connectivity index (χ4n) is 2.71. The monoisotopic (exact) mass is 288 g/mol. The van der Waals surface area contributed by atoms with Gasteiger partial charge in [0.2, 0.25) is 0 Å². The Kier molecular flexibility index (Phi) is 7.83. The molecule has 3 atom stereocenters. The molecular formula is C15H28O5. The van der Waals surface area contributed by atoms with Gasteiger partial charge in [-0.05, 0) is 32.1 Å². The highest BCUT2D eigenvalue weighted by Crippen LogP contribution is 2.20. The number of ether oxygens (including phenoxy) is 4. The SMILES string of the molecule is O[C@@H]1CCCC[C@H]1OCCOCCOC1CCCCO1. The van der Waals surface area contributed by atoms with Gasteiger partial charge in [0.1, 0.15) is 0 Å². The molecule has 0 radical (unpaired) electrons. The summed E-state index contributed by atoms with van der Waals surface area (Å²) in [6.07, 6.45) is 7.06. The van der Waals surface area contributed by atoms with Crippen LogP contribution in [0.4, 0.5) is 0 Å². The van der Waals surface area contributed by atoms with Crippen LogP contribution >= 0.6 is 0 Å². The Morgan fingerprint density at radius 1 is 0.850 bits per heavy atom. The molecule has 118 valence electrons. The Hall–Kier alpha value is -0.200. The van der Waals surface area contributed by atoms with Crippen LogP contribution < -0.4 is 0 Å². The Labute approximate surface area is 121 Å². The summed E-state index contributed by atoms with van der Waals surface area (Å²) < 4.78 is 22.2. The van der Waals surface area contributed by atoms with Gasteiger partial charge in [0.05, 0.1) is 38.6 Å². The van der Waals surface area contributed by atoms with E-state index in [4.69, 9.17) is 18.9 Å². The van der Waals surface area contributed by atoms with Crippen molar-refractivity contribution in [2.45, 2.75) is 63.4 Å². The Morgan fingerprint density at radius 3 is 2.35 bits per heavy atom. The second-order valence-corrected chi connectivity index (χ2v) is 5.54. The van der Waals surface area contributed by atoms with Crippen molar-refractivity contribution < 1.29 is 24.1 Å². The van der Waals surface area contributed by atoms with Crippen molar-refractivity contribution in [1.82, 2.24) is 0 Å². The van der Waals surface area contributed by atoms with Gasteiger partial charge in [-0.3, -0.25) is 0 Å². The van der Waals surface area contributed by atoms with Gasteiger partial charge in [-0.15, -0.1) is 0 Å². The molecule has 0 aromatic rings. The zero-order valence-electron chi connectivity index (χ0n) is 12.3. The molecule has 2 fully saturated rings. The van der Waals surface area contributed by atoms with Crippen molar-refractivity contribution in [1.29, 1.82) is 0 Å². The third-order valence-corrected chi connectivity index (χ3v) is 3.90. The lowest BCUT2D eigenvalue weighted by Gasteiger charge is -2.27. The molecule has 20 heavy (non-hydrogen) atoms. The van der Waals surface area contributed by atoms with Gasteiger partial charge in [-0.1, -0.05) is 12.8 Å². The quantitative estimate of drug-likeness (QED) is 0.691. The zero-order valence-corrected chi connectivity index (χ0v) is 12.3. The largest absolute Gasteiger partial charge is 0.390 e. The van der Waals surface area contributed by atoms with Gasteiger partial charge < -0.3 is 24.1 Å². The highest BCUT2D eigenvalue weighted by molar-refractivity contribution is 4.74. The molecule has 1 heterocycles. The molecule has 1 unspecified atom stereocenters. The zero-order chi connectivity index (χ0) is 14.0. The highest BCUT2D eigenvalue weighted by Gasteiger charge is 2.23. The summed E-state index contributed by atoms with van der Waals surface area (Å²) in [5.74, 6) is 0. The number of aliphatic hydroxyl groups excluding tert-OH is 1. The maximum absolute atomic E-state index is 9.75. The number of rotatable bonds is 8. The Bertz CT molecular complexity index is 242. The van der Waals surface area contributed by atoms with Crippen LogP contribution in [-0.2, 0) is 18.9 Å². The first-order valence-corrected chi connectivity index (χ1v) is 7.97. The molecular weight excluding hydrogens is 260 g/mol. The van der Waals surface area contributed by atoms with E-state index in [2.05, 4.69) is 0 Å². The average molecular weight is 288 g/mol. The van der Waals surface area contributed by atoms with Crippen molar-refractivity contribution in [3.8, 4) is 0 Å².